The van der Waals surface area contributed by atoms with Crippen molar-refractivity contribution in [1.29, 1.82) is 0 Å². The molecule has 4 nitrogen and oxygen atoms in total. The number of rotatable bonds is 4. The number of hydrogen-bond donors (Lipinski definition) is 2. The van der Waals surface area contributed by atoms with Gasteiger partial charge in [0, 0.05) is 13.1 Å². The van der Waals surface area contributed by atoms with E-state index in [-0.39, 0.29) is 43.3 Å². The van der Waals surface area contributed by atoms with E-state index in [9.17, 15) is 8.42 Å². The quantitative estimate of drug-likeness (QED) is 0.594. The van der Waals surface area contributed by atoms with Crippen LogP contribution in [-0.4, -0.2) is 21.5 Å². The molecule has 0 aromatic heterocycles. The number of nitrogens with two attached hydrogens (primary N) is 1. The first-order valence-electron chi connectivity index (χ1n) is 8.82. The molecule has 0 bridgehead atoms. The van der Waals surface area contributed by atoms with Crippen molar-refractivity contribution >= 4 is 10.0 Å². The number of aryl methyl sites for hydroxylation is 1. The summed E-state index contributed by atoms with van der Waals surface area (Å²) in [5.41, 5.74) is 15.0. The Labute approximate surface area is 189 Å². The molecule has 0 atom stereocenters. The predicted octanol–water partition coefficient (Wildman–Crippen LogP) is 0.771. The number of halogens is 1. The van der Waals surface area contributed by atoms with Crippen LogP contribution in [0.3, 0.4) is 0 Å². The maximum absolute atomic E-state index is 11.5. The Kier molecular flexibility index (Phi) is 13.4. The fourth-order valence-corrected chi connectivity index (χ4v) is 3.73. The molecule has 2 aromatic carbocycles. The van der Waals surface area contributed by atoms with Crippen molar-refractivity contribution in [1.82, 2.24) is 4.72 Å². The SMILES string of the molecule is Cc1c(C)c(C)c(C)c(C)c1C.Cc1ccc(S(=O)(=O)NCCN)cc1.[Cl-].[Ru+]. The Morgan fingerprint density at radius 3 is 1.36 bits per heavy atom. The van der Waals surface area contributed by atoms with Crippen molar-refractivity contribution < 1.29 is 40.3 Å². The van der Waals surface area contributed by atoms with Gasteiger partial charge in [-0.15, -0.1) is 0 Å². The fraction of sp³-hybridized carbons (Fsp3) is 0.429. The van der Waals surface area contributed by atoms with Gasteiger partial charge < -0.3 is 18.1 Å². The minimum Gasteiger partial charge on any atom is -1.00 e. The first-order chi connectivity index (χ1) is 12.0. The van der Waals surface area contributed by atoms with Crippen LogP contribution in [0.2, 0.25) is 0 Å². The van der Waals surface area contributed by atoms with Crippen LogP contribution in [0.25, 0.3) is 0 Å². The van der Waals surface area contributed by atoms with Gasteiger partial charge in [0.15, 0.2) is 0 Å². The van der Waals surface area contributed by atoms with E-state index in [2.05, 4.69) is 46.3 Å². The normalized spacial score (nSPS) is 10.3. The van der Waals surface area contributed by atoms with Crippen LogP contribution in [0.1, 0.15) is 38.9 Å². The van der Waals surface area contributed by atoms with E-state index in [0.717, 1.165) is 5.56 Å². The Morgan fingerprint density at radius 2 is 1.07 bits per heavy atom. The summed E-state index contributed by atoms with van der Waals surface area (Å²) >= 11 is 0. The van der Waals surface area contributed by atoms with Gasteiger partial charge in [-0.2, -0.15) is 0 Å². The Bertz CT molecular complexity index is 762. The van der Waals surface area contributed by atoms with Gasteiger partial charge in [0.2, 0.25) is 10.0 Å². The molecule has 7 heteroatoms. The van der Waals surface area contributed by atoms with Gasteiger partial charge in [0.1, 0.15) is 0 Å². The minimum absolute atomic E-state index is 0. The summed E-state index contributed by atoms with van der Waals surface area (Å²) in [6.07, 6.45) is 0. The zero-order valence-corrected chi connectivity index (χ0v) is 21.1. The number of nitrogens with one attached hydrogen (secondary N) is 1. The predicted molar refractivity (Wildman–Crippen MR) is 110 cm³/mol. The molecule has 159 valence electrons. The van der Waals surface area contributed by atoms with E-state index in [0.29, 0.717) is 6.54 Å². The zero-order valence-electron chi connectivity index (χ0n) is 17.8. The van der Waals surface area contributed by atoms with Gasteiger partial charge >= 0.3 is 19.5 Å². The molecule has 0 aliphatic heterocycles. The average molecular weight is 513 g/mol. The molecule has 0 spiro atoms. The van der Waals surface area contributed by atoms with Crippen LogP contribution in [0, 0.1) is 48.5 Å². The summed E-state index contributed by atoms with van der Waals surface area (Å²) in [6, 6.07) is 6.68. The smallest absolute Gasteiger partial charge is 1.00 e. The molecular formula is C21H32ClN2O2RuS. The van der Waals surface area contributed by atoms with Crippen molar-refractivity contribution in [3.8, 4) is 0 Å². The molecule has 28 heavy (non-hydrogen) atoms. The molecule has 0 aliphatic rings. The monoisotopic (exact) mass is 513 g/mol. The van der Waals surface area contributed by atoms with Crippen LogP contribution in [0.15, 0.2) is 29.2 Å². The first-order valence-corrected chi connectivity index (χ1v) is 10.3. The average Bonchev–Trinajstić information content (AvgIpc) is 2.62. The third kappa shape index (κ3) is 7.57. The van der Waals surface area contributed by atoms with Gasteiger partial charge in [-0.1, -0.05) is 17.7 Å². The Balaban J connectivity index is 0. The molecule has 0 unspecified atom stereocenters. The molecule has 2 rings (SSSR count). The summed E-state index contributed by atoms with van der Waals surface area (Å²) in [4.78, 5) is 0.275. The van der Waals surface area contributed by atoms with E-state index in [1.165, 1.54) is 33.4 Å². The topological polar surface area (TPSA) is 72.2 Å². The number of hydrogen-bond acceptors (Lipinski definition) is 3. The van der Waals surface area contributed by atoms with E-state index in [1.54, 1.807) is 24.3 Å². The van der Waals surface area contributed by atoms with Crippen LogP contribution >= 0.6 is 0 Å². The van der Waals surface area contributed by atoms with Crippen molar-refractivity contribution in [2.45, 2.75) is 53.4 Å². The maximum atomic E-state index is 11.5. The minimum atomic E-state index is -3.37. The summed E-state index contributed by atoms with van der Waals surface area (Å²) in [5, 5.41) is 0. The van der Waals surface area contributed by atoms with Gasteiger partial charge in [0.05, 0.1) is 4.90 Å². The second-order valence-corrected chi connectivity index (χ2v) is 8.52. The van der Waals surface area contributed by atoms with Gasteiger partial charge in [-0.05, 0) is 94.0 Å². The second-order valence-electron chi connectivity index (χ2n) is 6.75. The van der Waals surface area contributed by atoms with E-state index in [4.69, 9.17) is 5.73 Å². The summed E-state index contributed by atoms with van der Waals surface area (Å²) in [5.74, 6) is 0. The van der Waals surface area contributed by atoms with E-state index >= 15 is 0 Å². The van der Waals surface area contributed by atoms with Gasteiger partial charge in [-0.3, -0.25) is 0 Å². The zero-order chi connectivity index (χ0) is 20.1. The molecule has 0 amide bonds. The van der Waals surface area contributed by atoms with Gasteiger partial charge in [0.25, 0.3) is 0 Å². The van der Waals surface area contributed by atoms with Crippen LogP contribution in [0.4, 0.5) is 0 Å². The van der Waals surface area contributed by atoms with Crippen molar-refractivity contribution in [3.63, 3.8) is 0 Å². The molecule has 0 aliphatic carbocycles. The Hall–Kier alpha value is -0.777. The third-order valence-corrected chi connectivity index (χ3v) is 6.62. The standard InChI is InChI=1S/C12H18.C9H14N2O2S.ClH.Ru/c1-7-8(2)10(4)12(6)11(5)9(7)3;1-8-2-4-9(5-3-8)14(12,13)11-7-6-10;;/h1-6H3;2-5,11H,6-7,10H2,1H3;1H;/q;;;+1/p-1. The molecule has 3 N–H and O–H groups in total. The molecule has 0 heterocycles. The second kappa shape index (κ2) is 12.7. The third-order valence-electron chi connectivity index (χ3n) is 5.14. The molecule has 0 fully saturated rings. The number of sulfonamides is 1. The largest absolute Gasteiger partial charge is 1.00 e. The van der Waals surface area contributed by atoms with E-state index < -0.39 is 10.0 Å². The summed E-state index contributed by atoms with van der Waals surface area (Å²) in [7, 11) is -3.37. The van der Waals surface area contributed by atoms with Crippen molar-refractivity contribution in [2.24, 2.45) is 5.73 Å². The van der Waals surface area contributed by atoms with Crippen LogP contribution < -0.4 is 22.9 Å². The molecular weight excluding hydrogens is 481 g/mol. The fourth-order valence-electron chi connectivity index (χ4n) is 2.68. The molecule has 0 saturated heterocycles. The first kappa shape index (κ1) is 29.4. The molecule has 2 aromatic rings. The van der Waals surface area contributed by atoms with Crippen LogP contribution in [-0.2, 0) is 29.5 Å². The molecule has 0 saturated carbocycles. The van der Waals surface area contributed by atoms with E-state index in [1.807, 2.05) is 6.92 Å². The number of benzene rings is 2. The summed E-state index contributed by atoms with van der Waals surface area (Å²) < 4.78 is 25.5. The summed E-state index contributed by atoms with van der Waals surface area (Å²) in [6.45, 7) is 15.7. The van der Waals surface area contributed by atoms with Crippen molar-refractivity contribution in [2.75, 3.05) is 13.1 Å². The maximum Gasteiger partial charge on any atom is 1.00 e. The Morgan fingerprint density at radius 1 is 0.750 bits per heavy atom. The molecule has 1 radical (unpaired) electrons. The van der Waals surface area contributed by atoms with Crippen molar-refractivity contribution in [3.05, 3.63) is 63.2 Å². The van der Waals surface area contributed by atoms with Crippen LogP contribution in [0.5, 0.6) is 0 Å². The van der Waals surface area contributed by atoms with Gasteiger partial charge in [-0.25, -0.2) is 13.1 Å².